The molecule has 1 heterocycles. The Kier molecular flexibility index (Phi) is 8.65. The molecule has 0 bridgehead atoms. The maximum Gasteiger partial charge on any atom is 0.244 e. The molecule has 2 aromatic carbocycles. The number of anilines is 1. The number of nitrogens with zero attached hydrogens (tertiary/aromatic N) is 2. The largest absolute Gasteiger partial charge is 0.454 e. The fourth-order valence-corrected chi connectivity index (χ4v) is 4.82. The summed E-state index contributed by atoms with van der Waals surface area (Å²) in [4.78, 5) is 27.9. The Labute approximate surface area is 214 Å². The van der Waals surface area contributed by atoms with Crippen LogP contribution in [0.5, 0.6) is 11.5 Å². The van der Waals surface area contributed by atoms with Gasteiger partial charge in [-0.1, -0.05) is 35.0 Å². The summed E-state index contributed by atoms with van der Waals surface area (Å²) in [5, 5.41) is 2.90. The summed E-state index contributed by atoms with van der Waals surface area (Å²) in [5.41, 5.74) is 1.06. The monoisotopic (exact) mass is 567 g/mol. The molecule has 0 spiro atoms. The number of halogens is 1. The summed E-state index contributed by atoms with van der Waals surface area (Å²) < 4.78 is 37.9. The predicted octanol–water partition coefficient (Wildman–Crippen LogP) is 3.28. The second-order valence-electron chi connectivity index (χ2n) is 8.45. The van der Waals surface area contributed by atoms with Crippen LogP contribution in [-0.4, -0.2) is 56.8 Å². The van der Waals surface area contributed by atoms with Crippen LogP contribution in [-0.2, 0) is 26.2 Å². The topological polar surface area (TPSA) is 105 Å². The van der Waals surface area contributed by atoms with Gasteiger partial charge in [-0.2, -0.15) is 0 Å². The van der Waals surface area contributed by atoms with Crippen molar-refractivity contribution in [1.82, 2.24) is 10.2 Å². The molecule has 11 heteroatoms. The molecule has 9 nitrogen and oxygen atoms in total. The van der Waals surface area contributed by atoms with Crippen LogP contribution in [0.1, 0.15) is 32.8 Å². The van der Waals surface area contributed by atoms with Gasteiger partial charge in [0.2, 0.25) is 28.6 Å². The Balaban J connectivity index is 1.91. The van der Waals surface area contributed by atoms with Gasteiger partial charge < -0.3 is 19.7 Å². The number of benzene rings is 2. The third-order valence-corrected chi connectivity index (χ3v) is 7.37. The van der Waals surface area contributed by atoms with Gasteiger partial charge in [0.05, 0.1) is 11.9 Å². The lowest BCUT2D eigenvalue weighted by Crippen LogP contribution is -2.52. The number of amides is 2. The normalized spacial score (nSPS) is 14.2. The lowest BCUT2D eigenvalue weighted by Gasteiger charge is -2.32. The standard InChI is InChI=1S/C24H30BrN3O6S/c1-5-16(2)26-24(30)17(3)27(13-18-7-6-8-19(25)11-18)23(29)14-28(35(4,31)32)20-9-10-21-22(12-20)34-15-33-21/h6-12,16-17H,5,13-15H2,1-4H3,(H,26,30)/t16-,17+/m0/s1. The minimum Gasteiger partial charge on any atom is -0.454 e. The van der Waals surface area contributed by atoms with Crippen molar-refractivity contribution in [3.8, 4) is 11.5 Å². The van der Waals surface area contributed by atoms with Crippen molar-refractivity contribution in [1.29, 1.82) is 0 Å². The Morgan fingerprint density at radius 3 is 2.49 bits per heavy atom. The maximum absolute atomic E-state index is 13.6. The van der Waals surface area contributed by atoms with Crippen LogP contribution in [0.3, 0.4) is 0 Å². The first-order valence-electron chi connectivity index (χ1n) is 11.2. The fourth-order valence-electron chi connectivity index (χ4n) is 3.53. The van der Waals surface area contributed by atoms with Crippen LogP contribution in [0.15, 0.2) is 46.9 Å². The summed E-state index contributed by atoms with van der Waals surface area (Å²) in [6.07, 6.45) is 1.77. The second kappa shape index (κ2) is 11.3. The van der Waals surface area contributed by atoms with E-state index >= 15 is 0 Å². The fraction of sp³-hybridized carbons (Fsp3) is 0.417. The van der Waals surface area contributed by atoms with E-state index in [0.29, 0.717) is 11.5 Å². The third kappa shape index (κ3) is 6.88. The summed E-state index contributed by atoms with van der Waals surface area (Å²) in [6.45, 7) is 5.17. The SMILES string of the molecule is CC[C@H](C)NC(=O)[C@@H](C)N(Cc1cccc(Br)c1)C(=O)CN(c1ccc2c(c1)OCO2)S(C)(=O)=O. The maximum atomic E-state index is 13.6. The van der Waals surface area contributed by atoms with Gasteiger partial charge in [-0.15, -0.1) is 0 Å². The highest BCUT2D eigenvalue weighted by Gasteiger charge is 2.31. The molecule has 35 heavy (non-hydrogen) atoms. The van der Waals surface area contributed by atoms with Crippen LogP contribution in [0.25, 0.3) is 0 Å². The Bertz CT molecular complexity index is 1190. The van der Waals surface area contributed by atoms with Crippen molar-refractivity contribution in [3.05, 3.63) is 52.5 Å². The first kappa shape index (κ1) is 26.8. The molecule has 0 saturated heterocycles. The zero-order valence-electron chi connectivity index (χ0n) is 20.2. The van der Waals surface area contributed by atoms with Crippen LogP contribution in [0.2, 0.25) is 0 Å². The van der Waals surface area contributed by atoms with E-state index in [1.807, 2.05) is 38.1 Å². The van der Waals surface area contributed by atoms with Gasteiger partial charge in [0, 0.05) is 23.1 Å². The van der Waals surface area contributed by atoms with E-state index in [1.54, 1.807) is 19.1 Å². The molecule has 0 unspecified atom stereocenters. The van der Waals surface area contributed by atoms with Crippen LogP contribution >= 0.6 is 15.9 Å². The molecule has 190 valence electrons. The van der Waals surface area contributed by atoms with Crippen molar-refractivity contribution < 1.29 is 27.5 Å². The van der Waals surface area contributed by atoms with Gasteiger partial charge in [-0.3, -0.25) is 13.9 Å². The van der Waals surface area contributed by atoms with E-state index in [9.17, 15) is 18.0 Å². The average Bonchev–Trinajstić information content (AvgIpc) is 3.27. The van der Waals surface area contributed by atoms with E-state index in [0.717, 1.165) is 27.0 Å². The summed E-state index contributed by atoms with van der Waals surface area (Å²) >= 11 is 3.43. The van der Waals surface area contributed by atoms with Gasteiger partial charge in [0.15, 0.2) is 11.5 Å². The number of ether oxygens (including phenoxy) is 2. The third-order valence-electron chi connectivity index (χ3n) is 5.73. The molecule has 0 radical (unpaired) electrons. The number of rotatable bonds is 10. The van der Waals surface area contributed by atoms with Crippen molar-refractivity contribution in [3.63, 3.8) is 0 Å². The van der Waals surface area contributed by atoms with E-state index in [2.05, 4.69) is 21.2 Å². The molecule has 1 aliphatic rings. The van der Waals surface area contributed by atoms with E-state index in [4.69, 9.17) is 9.47 Å². The average molecular weight is 568 g/mol. The molecule has 0 saturated carbocycles. The van der Waals surface area contributed by atoms with Gasteiger partial charge in [0.1, 0.15) is 12.6 Å². The summed E-state index contributed by atoms with van der Waals surface area (Å²) in [7, 11) is -3.83. The van der Waals surface area contributed by atoms with Gasteiger partial charge >= 0.3 is 0 Å². The molecule has 3 rings (SSSR count). The van der Waals surface area contributed by atoms with Crippen molar-refractivity contribution in [2.75, 3.05) is 23.9 Å². The molecule has 0 aliphatic carbocycles. The molecular formula is C24H30BrN3O6S. The van der Waals surface area contributed by atoms with Gasteiger partial charge in [-0.25, -0.2) is 8.42 Å². The first-order chi connectivity index (χ1) is 16.5. The summed E-state index contributed by atoms with van der Waals surface area (Å²) in [5.74, 6) is 0.0765. The number of hydrogen-bond donors (Lipinski definition) is 1. The minimum absolute atomic E-state index is 0.0415. The summed E-state index contributed by atoms with van der Waals surface area (Å²) in [6, 6.07) is 11.2. The molecule has 0 aromatic heterocycles. The highest BCUT2D eigenvalue weighted by Crippen LogP contribution is 2.36. The number of carbonyl (C=O) groups excluding carboxylic acids is 2. The van der Waals surface area contributed by atoms with Crippen LogP contribution in [0.4, 0.5) is 5.69 Å². The number of carbonyl (C=O) groups is 2. The Hall–Kier alpha value is -2.79. The van der Waals surface area contributed by atoms with Gasteiger partial charge in [0.25, 0.3) is 0 Å². The van der Waals surface area contributed by atoms with E-state index in [-0.39, 0.29) is 31.0 Å². The molecule has 2 amide bonds. The zero-order valence-corrected chi connectivity index (χ0v) is 22.6. The lowest BCUT2D eigenvalue weighted by atomic mass is 10.1. The van der Waals surface area contributed by atoms with Crippen LogP contribution < -0.4 is 19.1 Å². The molecule has 2 aromatic rings. The number of sulfonamides is 1. The van der Waals surface area contributed by atoms with Crippen molar-refractivity contribution in [2.45, 2.75) is 45.8 Å². The number of hydrogen-bond acceptors (Lipinski definition) is 6. The smallest absolute Gasteiger partial charge is 0.244 e. The zero-order chi connectivity index (χ0) is 25.8. The highest BCUT2D eigenvalue weighted by molar-refractivity contribution is 9.10. The molecule has 1 aliphatic heterocycles. The first-order valence-corrected chi connectivity index (χ1v) is 13.9. The quantitative estimate of drug-likeness (QED) is 0.472. The second-order valence-corrected chi connectivity index (χ2v) is 11.3. The molecular weight excluding hydrogens is 538 g/mol. The van der Waals surface area contributed by atoms with E-state index < -0.39 is 28.5 Å². The van der Waals surface area contributed by atoms with E-state index in [1.165, 1.54) is 11.0 Å². The van der Waals surface area contributed by atoms with Crippen molar-refractivity contribution >= 4 is 43.5 Å². The molecule has 2 atom stereocenters. The Morgan fingerprint density at radius 2 is 1.83 bits per heavy atom. The van der Waals surface area contributed by atoms with Crippen molar-refractivity contribution in [2.24, 2.45) is 0 Å². The minimum atomic E-state index is -3.83. The van der Waals surface area contributed by atoms with Gasteiger partial charge in [-0.05, 0) is 50.1 Å². The predicted molar refractivity (Wildman–Crippen MR) is 137 cm³/mol. The molecule has 1 N–H and O–H groups in total. The lowest BCUT2D eigenvalue weighted by molar-refractivity contribution is -0.139. The number of nitrogens with one attached hydrogen (secondary N) is 1. The Morgan fingerprint density at radius 1 is 1.11 bits per heavy atom. The van der Waals surface area contributed by atoms with Crippen LogP contribution in [0, 0.1) is 0 Å². The highest BCUT2D eigenvalue weighted by atomic mass is 79.9. The number of fused-ring (bicyclic) bond motifs is 1. The molecule has 0 fully saturated rings.